The Balaban J connectivity index is 3.23. The molecule has 0 amide bonds. The van der Waals surface area contributed by atoms with E-state index in [-0.39, 0.29) is 5.75 Å². The largest absolute Gasteiger partial charge is 0.475 e. The molecule has 0 fully saturated rings. The molecule has 1 aromatic carbocycles. The van der Waals surface area contributed by atoms with Gasteiger partial charge in [0.1, 0.15) is 5.75 Å². The Morgan fingerprint density at radius 2 is 1.65 bits per heavy atom. The van der Waals surface area contributed by atoms with E-state index in [4.69, 9.17) is 4.74 Å². The number of hydrogen-bond acceptors (Lipinski definition) is 8. The van der Waals surface area contributed by atoms with Gasteiger partial charge in [-0.3, -0.25) is 4.79 Å². The molecule has 23 heavy (non-hydrogen) atoms. The van der Waals surface area contributed by atoms with Crippen molar-refractivity contribution in [3.63, 3.8) is 0 Å². The van der Waals surface area contributed by atoms with Crippen molar-refractivity contribution in [2.24, 2.45) is 0 Å². The molecule has 0 saturated heterocycles. The molecule has 0 aliphatic rings. The molecule has 126 valence electrons. The molecule has 0 spiro atoms. The van der Waals surface area contributed by atoms with Gasteiger partial charge in [0.05, 0.1) is 27.8 Å². The molecule has 8 nitrogen and oxygen atoms in total. The van der Waals surface area contributed by atoms with Crippen LogP contribution in [0.4, 0.5) is 0 Å². The van der Waals surface area contributed by atoms with E-state index in [0.29, 0.717) is 0 Å². The number of methoxy groups -OCH3 is 3. The first-order valence-corrected chi connectivity index (χ1v) is 6.56. The van der Waals surface area contributed by atoms with Gasteiger partial charge in [-0.1, -0.05) is 18.2 Å². The number of carbonyl (C=O) groups is 3. The molecule has 0 aliphatic carbocycles. The SMILES string of the molecule is COC(=O)CC(O)(C(=O)OC)C(Oc1ccccc1)C(=O)OC. The molecule has 1 aromatic rings. The van der Waals surface area contributed by atoms with Crippen LogP contribution in [-0.2, 0) is 28.6 Å². The number of rotatable bonds is 7. The minimum Gasteiger partial charge on any atom is -0.475 e. The second-order valence-electron chi connectivity index (χ2n) is 4.50. The number of ether oxygens (including phenoxy) is 4. The molecule has 2 unspecified atom stereocenters. The highest BCUT2D eigenvalue weighted by molar-refractivity contribution is 5.93. The molecule has 0 saturated carbocycles. The summed E-state index contributed by atoms with van der Waals surface area (Å²) in [5, 5.41) is 10.6. The van der Waals surface area contributed by atoms with Crippen LogP contribution in [0.3, 0.4) is 0 Å². The zero-order chi connectivity index (χ0) is 17.5. The summed E-state index contributed by atoms with van der Waals surface area (Å²) < 4.78 is 18.9. The maximum Gasteiger partial charge on any atom is 0.350 e. The van der Waals surface area contributed by atoms with Crippen molar-refractivity contribution < 1.29 is 38.4 Å². The zero-order valence-electron chi connectivity index (χ0n) is 13.0. The molecule has 0 aliphatic heterocycles. The Morgan fingerprint density at radius 1 is 1.04 bits per heavy atom. The first kappa shape index (κ1) is 18.4. The van der Waals surface area contributed by atoms with Crippen molar-refractivity contribution in [1.82, 2.24) is 0 Å². The third kappa shape index (κ3) is 4.43. The predicted octanol–water partition coefficient (Wildman–Crippen LogP) is 0.0742. The summed E-state index contributed by atoms with van der Waals surface area (Å²) in [5.74, 6) is -3.02. The van der Waals surface area contributed by atoms with Gasteiger partial charge in [-0.2, -0.15) is 0 Å². The standard InChI is InChI=1S/C15H18O8/c1-20-11(16)9-15(19,14(18)22-3)12(13(17)21-2)23-10-7-5-4-6-8-10/h4-8,12,19H,9H2,1-3H3. The lowest BCUT2D eigenvalue weighted by atomic mass is 9.92. The third-order valence-electron chi connectivity index (χ3n) is 3.03. The van der Waals surface area contributed by atoms with Crippen molar-refractivity contribution in [1.29, 1.82) is 0 Å². The van der Waals surface area contributed by atoms with Gasteiger partial charge in [-0.15, -0.1) is 0 Å². The summed E-state index contributed by atoms with van der Waals surface area (Å²) in [6, 6.07) is 7.97. The lowest BCUT2D eigenvalue weighted by Crippen LogP contribution is -2.58. The average Bonchev–Trinajstić information content (AvgIpc) is 2.58. The van der Waals surface area contributed by atoms with Crippen LogP contribution in [0.15, 0.2) is 30.3 Å². The summed E-state index contributed by atoms with van der Waals surface area (Å²) in [4.78, 5) is 35.5. The molecular weight excluding hydrogens is 308 g/mol. The summed E-state index contributed by atoms with van der Waals surface area (Å²) in [6.07, 6.45) is -2.66. The normalized spacial score (nSPS) is 14.1. The summed E-state index contributed by atoms with van der Waals surface area (Å²) >= 11 is 0. The van der Waals surface area contributed by atoms with Gasteiger partial charge in [0.15, 0.2) is 0 Å². The van der Waals surface area contributed by atoms with E-state index >= 15 is 0 Å². The Morgan fingerprint density at radius 3 is 2.13 bits per heavy atom. The highest BCUT2D eigenvalue weighted by Crippen LogP contribution is 2.25. The molecule has 0 bridgehead atoms. The monoisotopic (exact) mass is 326 g/mol. The molecule has 0 aromatic heterocycles. The Bertz CT molecular complexity index is 556. The molecule has 2 atom stereocenters. The highest BCUT2D eigenvalue weighted by atomic mass is 16.6. The number of esters is 3. The quantitative estimate of drug-likeness (QED) is 0.554. The van der Waals surface area contributed by atoms with Crippen LogP contribution in [0.1, 0.15) is 6.42 Å². The van der Waals surface area contributed by atoms with E-state index in [1.807, 2.05) is 0 Å². The van der Waals surface area contributed by atoms with Gasteiger partial charge >= 0.3 is 17.9 Å². The van der Waals surface area contributed by atoms with Crippen molar-refractivity contribution in [2.45, 2.75) is 18.1 Å². The lowest BCUT2D eigenvalue weighted by Gasteiger charge is -2.30. The Hall–Kier alpha value is -2.61. The number of benzene rings is 1. The van der Waals surface area contributed by atoms with Gasteiger partial charge in [-0.25, -0.2) is 9.59 Å². The van der Waals surface area contributed by atoms with Gasteiger partial charge in [-0.05, 0) is 12.1 Å². The van der Waals surface area contributed by atoms with Crippen molar-refractivity contribution in [2.75, 3.05) is 21.3 Å². The van der Waals surface area contributed by atoms with Crippen LogP contribution in [0, 0.1) is 0 Å². The van der Waals surface area contributed by atoms with Crippen LogP contribution in [0.5, 0.6) is 5.75 Å². The minimum absolute atomic E-state index is 0.190. The lowest BCUT2D eigenvalue weighted by molar-refractivity contribution is -0.188. The van der Waals surface area contributed by atoms with Crippen LogP contribution in [0.25, 0.3) is 0 Å². The fraction of sp³-hybridized carbons (Fsp3) is 0.400. The van der Waals surface area contributed by atoms with E-state index in [0.717, 1.165) is 21.3 Å². The summed E-state index contributed by atoms with van der Waals surface area (Å²) in [5.41, 5.74) is -2.61. The Labute approximate surface area is 132 Å². The third-order valence-corrected chi connectivity index (χ3v) is 3.03. The van der Waals surface area contributed by atoms with Gasteiger partial charge in [0.25, 0.3) is 0 Å². The fourth-order valence-electron chi connectivity index (χ4n) is 1.82. The molecule has 1 rings (SSSR count). The van der Waals surface area contributed by atoms with Gasteiger partial charge in [0, 0.05) is 0 Å². The smallest absolute Gasteiger partial charge is 0.350 e. The second kappa shape index (κ2) is 8.14. The molecule has 0 radical (unpaired) electrons. The molecular formula is C15H18O8. The maximum absolute atomic E-state index is 12.0. The molecule has 1 N–H and O–H groups in total. The van der Waals surface area contributed by atoms with Crippen LogP contribution < -0.4 is 4.74 Å². The predicted molar refractivity (Wildman–Crippen MR) is 76.5 cm³/mol. The van der Waals surface area contributed by atoms with E-state index < -0.39 is 36.0 Å². The summed E-state index contributed by atoms with van der Waals surface area (Å²) in [6.45, 7) is 0. The van der Waals surface area contributed by atoms with Gasteiger partial charge in [0.2, 0.25) is 11.7 Å². The number of carbonyl (C=O) groups excluding carboxylic acids is 3. The molecule has 8 heteroatoms. The second-order valence-corrected chi connectivity index (χ2v) is 4.50. The van der Waals surface area contributed by atoms with E-state index in [1.165, 1.54) is 12.1 Å². The minimum atomic E-state index is -2.61. The molecule has 0 heterocycles. The van der Waals surface area contributed by atoms with Crippen molar-refractivity contribution >= 4 is 17.9 Å². The van der Waals surface area contributed by atoms with Crippen molar-refractivity contribution in [3.05, 3.63) is 30.3 Å². The number of aliphatic hydroxyl groups is 1. The highest BCUT2D eigenvalue weighted by Gasteiger charge is 2.53. The van der Waals surface area contributed by atoms with E-state index in [2.05, 4.69) is 14.2 Å². The van der Waals surface area contributed by atoms with Crippen LogP contribution in [0.2, 0.25) is 0 Å². The number of hydrogen-bond donors (Lipinski definition) is 1. The maximum atomic E-state index is 12.0. The topological polar surface area (TPSA) is 108 Å². The average molecular weight is 326 g/mol. The first-order chi connectivity index (χ1) is 10.9. The fourth-order valence-corrected chi connectivity index (χ4v) is 1.82. The van der Waals surface area contributed by atoms with Crippen molar-refractivity contribution in [3.8, 4) is 5.75 Å². The summed E-state index contributed by atoms with van der Waals surface area (Å²) in [7, 11) is 3.13. The Kier molecular flexibility index (Phi) is 6.52. The zero-order valence-corrected chi connectivity index (χ0v) is 13.0. The van der Waals surface area contributed by atoms with Crippen LogP contribution in [-0.4, -0.2) is 56.0 Å². The van der Waals surface area contributed by atoms with E-state index in [1.54, 1.807) is 18.2 Å². The first-order valence-electron chi connectivity index (χ1n) is 6.56. The van der Waals surface area contributed by atoms with Crippen LogP contribution >= 0.6 is 0 Å². The van der Waals surface area contributed by atoms with Gasteiger partial charge < -0.3 is 24.1 Å². The number of para-hydroxylation sites is 1. The van der Waals surface area contributed by atoms with E-state index in [9.17, 15) is 19.5 Å².